The van der Waals surface area contributed by atoms with Gasteiger partial charge < -0.3 is 5.21 Å². The Bertz CT molecular complexity index is 242. The third-order valence-electron chi connectivity index (χ3n) is 1.86. The summed E-state index contributed by atoms with van der Waals surface area (Å²) in [5, 5.41) is 12.6. The molecule has 1 saturated carbocycles. The zero-order valence-corrected chi connectivity index (χ0v) is 6.20. The minimum absolute atomic E-state index is 0.479. The summed E-state index contributed by atoms with van der Waals surface area (Å²) in [5.74, 6) is 0. The normalized spacial score (nSPS) is 17.2. The molecule has 2 N–H and O–H groups in total. The van der Waals surface area contributed by atoms with Gasteiger partial charge in [0.2, 0.25) is 0 Å². The van der Waals surface area contributed by atoms with Crippen LogP contribution in [0.2, 0.25) is 0 Å². The molecular weight excluding hydrogens is 142 g/mol. The first-order valence-corrected chi connectivity index (χ1v) is 3.80. The molecule has 1 aliphatic rings. The van der Waals surface area contributed by atoms with Gasteiger partial charge in [0.25, 0.3) is 0 Å². The average Bonchev–Trinajstić information content (AvgIpc) is 2.75. The maximum atomic E-state index is 8.40. The number of rotatable bonds is 3. The van der Waals surface area contributed by atoms with Crippen LogP contribution in [-0.2, 0) is 6.54 Å². The molecule has 0 radical (unpaired) electrons. The van der Waals surface area contributed by atoms with Gasteiger partial charge in [-0.1, -0.05) is 0 Å². The summed E-state index contributed by atoms with van der Waals surface area (Å²) in [7, 11) is 0. The molecule has 0 bridgehead atoms. The van der Waals surface area contributed by atoms with Gasteiger partial charge in [0.15, 0.2) is 0 Å². The third-order valence-corrected chi connectivity index (χ3v) is 1.86. The number of hydrogen-bond donors (Lipinski definition) is 2. The molecular formula is C7H11N3O. The molecule has 0 amide bonds. The molecule has 1 heterocycles. The van der Waals surface area contributed by atoms with Crippen LogP contribution in [0.3, 0.4) is 0 Å². The average molecular weight is 153 g/mol. The van der Waals surface area contributed by atoms with Crippen molar-refractivity contribution in [2.45, 2.75) is 25.4 Å². The van der Waals surface area contributed by atoms with E-state index >= 15 is 0 Å². The molecule has 4 nitrogen and oxygen atoms in total. The van der Waals surface area contributed by atoms with Crippen molar-refractivity contribution < 1.29 is 5.21 Å². The number of aromatic nitrogens is 2. The number of nitrogens with zero attached hydrogens (tertiary/aromatic N) is 2. The highest BCUT2D eigenvalue weighted by Gasteiger charge is 2.23. The molecule has 0 aliphatic heterocycles. The van der Waals surface area contributed by atoms with Crippen molar-refractivity contribution in [1.82, 2.24) is 15.3 Å². The van der Waals surface area contributed by atoms with Crippen LogP contribution >= 0.6 is 0 Å². The van der Waals surface area contributed by atoms with Crippen molar-refractivity contribution in [2.24, 2.45) is 0 Å². The molecule has 0 saturated heterocycles. The van der Waals surface area contributed by atoms with Crippen LogP contribution in [0.25, 0.3) is 0 Å². The molecule has 11 heavy (non-hydrogen) atoms. The van der Waals surface area contributed by atoms with Crippen LogP contribution < -0.4 is 5.48 Å². The minimum Gasteiger partial charge on any atom is -0.316 e. The fourth-order valence-electron chi connectivity index (χ4n) is 1.10. The summed E-state index contributed by atoms with van der Waals surface area (Å²) in [5.41, 5.74) is 3.13. The lowest BCUT2D eigenvalue weighted by Gasteiger charge is -1.93. The molecule has 2 rings (SSSR count). The molecule has 0 aromatic carbocycles. The Morgan fingerprint density at radius 3 is 3.18 bits per heavy atom. The summed E-state index contributed by atoms with van der Waals surface area (Å²) >= 11 is 0. The summed E-state index contributed by atoms with van der Waals surface area (Å²) in [6.45, 7) is 0.479. The van der Waals surface area contributed by atoms with Crippen LogP contribution in [-0.4, -0.2) is 15.0 Å². The Kier molecular flexibility index (Phi) is 1.63. The van der Waals surface area contributed by atoms with Gasteiger partial charge in [0, 0.05) is 18.3 Å². The van der Waals surface area contributed by atoms with Gasteiger partial charge in [-0.25, -0.2) is 5.48 Å². The summed E-state index contributed by atoms with van der Waals surface area (Å²) in [4.78, 5) is 0. The first-order valence-electron chi connectivity index (χ1n) is 3.80. The first kappa shape index (κ1) is 6.82. The van der Waals surface area contributed by atoms with Gasteiger partial charge in [-0.15, -0.1) is 0 Å². The molecule has 1 fully saturated rings. The van der Waals surface area contributed by atoms with Crippen molar-refractivity contribution in [3.8, 4) is 0 Å². The second kappa shape index (κ2) is 2.64. The van der Waals surface area contributed by atoms with E-state index in [4.69, 9.17) is 5.21 Å². The second-order valence-corrected chi connectivity index (χ2v) is 2.89. The van der Waals surface area contributed by atoms with Crippen LogP contribution in [0.15, 0.2) is 12.4 Å². The van der Waals surface area contributed by atoms with Gasteiger partial charge >= 0.3 is 0 Å². The Labute approximate surface area is 64.8 Å². The predicted octanol–water partition coefficient (Wildman–Crippen LogP) is 0.697. The smallest absolute Gasteiger partial charge is 0.0535 e. The Hall–Kier alpha value is -0.870. The molecule has 1 aliphatic carbocycles. The lowest BCUT2D eigenvalue weighted by Crippen LogP contribution is -2.04. The minimum atomic E-state index is 0.479. The number of hydrogen-bond acceptors (Lipinski definition) is 3. The van der Waals surface area contributed by atoms with Crippen molar-refractivity contribution in [3.63, 3.8) is 0 Å². The quantitative estimate of drug-likeness (QED) is 0.628. The van der Waals surface area contributed by atoms with Crippen LogP contribution in [0.4, 0.5) is 0 Å². The first-order chi connectivity index (χ1) is 5.40. The van der Waals surface area contributed by atoms with E-state index in [2.05, 4.69) is 10.6 Å². The van der Waals surface area contributed by atoms with E-state index in [-0.39, 0.29) is 0 Å². The summed E-state index contributed by atoms with van der Waals surface area (Å²) in [6, 6.07) is 0.627. The SMILES string of the molecule is ONCc1cnn(C2CC2)c1. The van der Waals surface area contributed by atoms with Crippen molar-refractivity contribution in [3.05, 3.63) is 18.0 Å². The molecule has 60 valence electrons. The Balaban J connectivity index is 2.06. The van der Waals surface area contributed by atoms with E-state index in [1.54, 1.807) is 6.20 Å². The lowest BCUT2D eigenvalue weighted by atomic mass is 10.4. The highest BCUT2D eigenvalue weighted by Crippen LogP contribution is 2.33. The second-order valence-electron chi connectivity index (χ2n) is 2.89. The fraction of sp³-hybridized carbons (Fsp3) is 0.571. The standard InChI is InChI=1S/C7H11N3O/c11-9-4-6-3-8-10(5-6)7-1-2-7/h3,5,7,9,11H,1-2,4H2. The molecule has 0 spiro atoms. The highest BCUT2D eigenvalue weighted by atomic mass is 16.5. The monoisotopic (exact) mass is 153 g/mol. The molecule has 1 aromatic heterocycles. The molecule has 0 unspecified atom stereocenters. The number of nitrogens with one attached hydrogen (secondary N) is 1. The zero-order valence-electron chi connectivity index (χ0n) is 6.20. The molecule has 4 heteroatoms. The van der Waals surface area contributed by atoms with Crippen LogP contribution in [0.5, 0.6) is 0 Å². The molecule has 1 aromatic rings. The van der Waals surface area contributed by atoms with E-state index in [0.717, 1.165) is 5.56 Å². The van der Waals surface area contributed by atoms with Gasteiger partial charge in [-0.05, 0) is 12.8 Å². The van der Waals surface area contributed by atoms with E-state index in [1.165, 1.54) is 12.8 Å². The van der Waals surface area contributed by atoms with Crippen molar-refractivity contribution in [1.29, 1.82) is 0 Å². The Morgan fingerprint density at radius 1 is 1.73 bits per heavy atom. The van der Waals surface area contributed by atoms with Crippen LogP contribution in [0, 0.1) is 0 Å². The van der Waals surface area contributed by atoms with E-state index < -0.39 is 0 Å². The zero-order chi connectivity index (χ0) is 7.68. The van der Waals surface area contributed by atoms with Crippen molar-refractivity contribution >= 4 is 0 Å². The van der Waals surface area contributed by atoms with E-state index in [1.807, 2.05) is 10.9 Å². The largest absolute Gasteiger partial charge is 0.316 e. The maximum absolute atomic E-state index is 8.40. The van der Waals surface area contributed by atoms with Gasteiger partial charge in [0.1, 0.15) is 0 Å². The number of hydroxylamine groups is 1. The maximum Gasteiger partial charge on any atom is 0.0535 e. The van der Waals surface area contributed by atoms with Crippen LogP contribution in [0.1, 0.15) is 24.4 Å². The Morgan fingerprint density at radius 2 is 2.55 bits per heavy atom. The summed E-state index contributed by atoms with van der Waals surface area (Å²) in [6.07, 6.45) is 6.24. The van der Waals surface area contributed by atoms with Gasteiger partial charge in [-0.3, -0.25) is 4.68 Å². The predicted molar refractivity (Wildman–Crippen MR) is 39.1 cm³/mol. The van der Waals surface area contributed by atoms with E-state index in [0.29, 0.717) is 12.6 Å². The lowest BCUT2D eigenvalue weighted by molar-refractivity contribution is 0.161. The van der Waals surface area contributed by atoms with E-state index in [9.17, 15) is 0 Å². The van der Waals surface area contributed by atoms with Gasteiger partial charge in [0.05, 0.1) is 12.2 Å². The van der Waals surface area contributed by atoms with Crippen molar-refractivity contribution in [2.75, 3.05) is 0 Å². The summed E-state index contributed by atoms with van der Waals surface area (Å²) < 4.78 is 1.96. The molecule has 0 atom stereocenters. The highest BCUT2D eigenvalue weighted by molar-refractivity contribution is 5.04. The topological polar surface area (TPSA) is 50.1 Å². The fourth-order valence-corrected chi connectivity index (χ4v) is 1.10. The third kappa shape index (κ3) is 1.41. The van der Waals surface area contributed by atoms with Gasteiger partial charge in [-0.2, -0.15) is 5.10 Å².